The van der Waals surface area contributed by atoms with Crippen LogP contribution in [0.4, 0.5) is 8.78 Å². The fourth-order valence-electron chi connectivity index (χ4n) is 2.16. The molecule has 0 unspecified atom stereocenters. The van der Waals surface area contributed by atoms with Gasteiger partial charge in [0.1, 0.15) is 18.6 Å². The smallest absolute Gasteiger partial charge is 0.349 e. The van der Waals surface area contributed by atoms with Gasteiger partial charge in [-0.3, -0.25) is 4.79 Å². The van der Waals surface area contributed by atoms with Gasteiger partial charge in [0.15, 0.2) is 0 Å². The van der Waals surface area contributed by atoms with E-state index in [-0.39, 0.29) is 44.7 Å². The van der Waals surface area contributed by atoms with Crippen LogP contribution in [0.25, 0.3) is 10.1 Å². The second-order valence-electron chi connectivity index (χ2n) is 5.75. The van der Waals surface area contributed by atoms with Crippen molar-refractivity contribution in [2.45, 2.75) is 12.1 Å². The molecule has 1 aromatic heterocycles. The maximum atomic E-state index is 14.1. The molecule has 0 spiro atoms. The number of rotatable bonds is 9. The Hall–Kier alpha value is -1.01. The first kappa shape index (κ1) is 23.3. The molecule has 13 heteroatoms. The largest absolute Gasteiger partial charge is 0.488 e. The molecule has 0 fully saturated rings. The van der Waals surface area contributed by atoms with Crippen LogP contribution in [0.5, 0.6) is 5.75 Å². The molecular weight excluding hydrogens is 503 g/mol. The van der Waals surface area contributed by atoms with Gasteiger partial charge in [0.2, 0.25) is 18.4 Å². The number of hydrogen-bond acceptors (Lipinski definition) is 7. The van der Waals surface area contributed by atoms with E-state index in [4.69, 9.17) is 19.7 Å². The van der Waals surface area contributed by atoms with Crippen molar-refractivity contribution in [3.63, 3.8) is 0 Å². The first-order valence-electron chi connectivity index (χ1n) is 7.44. The zero-order valence-corrected chi connectivity index (χ0v) is 18.2. The van der Waals surface area contributed by atoms with Gasteiger partial charge in [-0.05, 0) is 40.1 Å². The van der Waals surface area contributed by atoms with Crippen molar-refractivity contribution in [2.24, 2.45) is 5.14 Å². The van der Waals surface area contributed by atoms with E-state index in [1.165, 1.54) is 12.1 Å². The number of benzene rings is 1. The average Bonchev–Trinajstić information content (AvgIpc) is 2.94. The third-order valence-corrected chi connectivity index (χ3v) is 7.58. The third kappa shape index (κ3) is 5.32. The van der Waals surface area contributed by atoms with Crippen LogP contribution in [0.3, 0.4) is 0 Å². The van der Waals surface area contributed by atoms with Crippen LogP contribution < -0.4 is 9.88 Å². The fourth-order valence-corrected chi connectivity index (χ4v) is 5.51. The monoisotopic (exact) mass is 517 g/mol. The van der Waals surface area contributed by atoms with Crippen LogP contribution in [0.2, 0.25) is 0 Å². The highest BCUT2D eigenvalue weighted by atomic mass is 79.9. The van der Waals surface area contributed by atoms with Crippen molar-refractivity contribution < 1.29 is 36.5 Å². The topological polar surface area (TPSA) is 127 Å². The Morgan fingerprint density at radius 3 is 2.61 bits per heavy atom. The molecule has 0 aliphatic carbocycles. The van der Waals surface area contributed by atoms with E-state index < -0.39 is 28.9 Å². The molecule has 0 aliphatic heterocycles. The number of thiophene rings is 1. The molecule has 0 aliphatic rings. The number of carbonyl (C=O) groups excluding carboxylic acids is 1. The Kier molecular flexibility index (Phi) is 7.30. The Balaban J connectivity index is 2.40. The van der Waals surface area contributed by atoms with Gasteiger partial charge in [0.25, 0.3) is 0 Å². The van der Waals surface area contributed by atoms with E-state index in [0.717, 1.165) is 0 Å². The summed E-state index contributed by atoms with van der Waals surface area (Å²) >= 11 is 3.62. The van der Waals surface area contributed by atoms with Gasteiger partial charge < -0.3 is 14.5 Å². The third-order valence-electron chi connectivity index (χ3n) is 3.55. The minimum Gasteiger partial charge on any atom is -0.488 e. The number of fused-ring (bicyclic) bond motifs is 1. The van der Waals surface area contributed by atoms with Gasteiger partial charge in [-0.15, -0.1) is 11.3 Å². The van der Waals surface area contributed by atoms with E-state index in [1.54, 1.807) is 0 Å². The molecule has 0 amide bonds. The summed E-state index contributed by atoms with van der Waals surface area (Å²) in [5.74, 6) is -0.222. The number of ether oxygens (including phenoxy) is 1. The predicted molar refractivity (Wildman–Crippen MR) is 107 cm³/mol. The number of primary sulfonamides is 1. The minimum atomic E-state index is -3.88. The van der Waals surface area contributed by atoms with Crippen LogP contribution in [-0.4, -0.2) is 36.9 Å². The maximum absolute atomic E-state index is 14.1. The van der Waals surface area contributed by atoms with E-state index in [0.29, 0.717) is 23.2 Å². The lowest BCUT2D eigenvalue weighted by Crippen LogP contribution is -2.17. The summed E-state index contributed by atoms with van der Waals surface area (Å²) in [7, 11) is -7.24. The summed E-state index contributed by atoms with van der Waals surface area (Å²) in [5.41, 5.74) is -3.33. The van der Waals surface area contributed by atoms with Gasteiger partial charge in [0, 0.05) is 15.4 Å². The lowest BCUT2D eigenvalue weighted by atomic mass is 10.1. The Morgan fingerprint density at radius 1 is 1.43 bits per heavy atom. The molecule has 2 aromatic rings. The van der Waals surface area contributed by atoms with Gasteiger partial charge >= 0.3 is 5.66 Å². The summed E-state index contributed by atoms with van der Waals surface area (Å²) in [4.78, 5) is 28.7. The number of alkyl halides is 2. The number of aldehydes is 1. The van der Waals surface area contributed by atoms with Crippen molar-refractivity contribution in [3.8, 4) is 5.75 Å². The molecule has 0 bridgehead atoms. The summed E-state index contributed by atoms with van der Waals surface area (Å²) in [6, 6.07) is 2.70. The van der Waals surface area contributed by atoms with E-state index in [9.17, 15) is 22.0 Å². The second kappa shape index (κ2) is 8.78. The SMILES string of the molecule is C=C(CCS(N)(=O)=O)COc1cc(C=O)cc2c(Br)c(C(F)(F)P(O)O)sc12. The van der Waals surface area contributed by atoms with Gasteiger partial charge in [-0.2, -0.15) is 8.78 Å². The van der Waals surface area contributed by atoms with Crippen LogP contribution >= 0.6 is 35.6 Å². The standard InChI is InChI=1S/C15H15BrF2NO6PS2/c1-8(2-3-28(19,23)24)7-25-11-5-9(6-20)4-10-12(16)14(27-13(10)11)15(17,18)26(21)22/h4-6,21-22H,1-3,7H2,(H2,19,23,24). The van der Waals surface area contributed by atoms with Crippen LogP contribution in [0, 0.1) is 0 Å². The first-order valence-corrected chi connectivity index (χ1v) is 12.0. The average molecular weight is 518 g/mol. The molecule has 1 aromatic carbocycles. The Labute approximate surface area is 172 Å². The van der Waals surface area contributed by atoms with Gasteiger partial charge in [0.05, 0.1) is 15.3 Å². The lowest BCUT2D eigenvalue weighted by molar-refractivity contribution is 0.0766. The maximum Gasteiger partial charge on any atom is 0.349 e. The predicted octanol–water partition coefficient (Wildman–Crippen LogP) is 3.44. The summed E-state index contributed by atoms with van der Waals surface area (Å²) in [6.07, 6.45) is 0.557. The zero-order chi connectivity index (χ0) is 21.3. The van der Waals surface area contributed by atoms with Crippen molar-refractivity contribution in [2.75, 3.05) is 12.4 Å². The van der Waals surface area contributed by atoms with E-state index in [1.807, 2.05) is 0 Å². The molecule has 0 atom stereocenters. The minimum absolute atomic E-state index is 0.0477. The van der Waals surface area contributed by atoms with Gasteiger partial charge in [-0.25, -0.2) is 13.6 Å². The Morgan fingerprint density at radius 2 is 2.07 bits per heavy atom. The van der Waals surface area contributed by atoms with Crippen molar-refractivity contribution >= 4 is 62.0 Å². The molecule has 154 valence electrons. The summed E-state index contributed by atoms with van der Waals surface area (Å²) < 4.78 is 56.0. The molecule has 28 heavy (non-hydrogen) atoms. The molecule has 0 saturated carbocycles. The van der Waals surface area contributed by atoms with Crippen molar-refractivity contribution in [3.05, 3.63) is 39.2 Å². The van der Waals surface area contributed by atoms with Gasteiger partial charge in [-0.1, -0.05) is 6.58 Å². The number of sulfonamides is 1. The number of carbonyl (C=O) groups is 1. The number of hydrogen-bond donors (Lipinski definition) is 3. The van der Waals surface area contributed by atoms with Crippen LogP contribution in [0.1, 0.15) is 21.7 Å². The Bertz CT molecular complexity index is 1030. The normalized spacial score (nSPS) is 12.5. The second-order valence-corrected chi connectivity index (χ2v) is 10.4. The number of nitrogens with two attached hydrogens (primary N) is 1. The summed E-state index contributed by atoms with van der Waals surface area (Å²) in [6.45, 7) is 3.55. The van der Waals surface area contributed by atoms with Crippen LogP contribution in [-0.2, 0) is 15.7 Å². The molecule has 4 N–H and O–H groups in total. The van der Waals surface area contributed by atoms with E-state index in [2.05, 4.69) is 22.5 Å². The number of halogens is 3. The molecule has 0 saturated heterocycles. The van der Waals surface area contributed by atoms with Crippen LogP contribution in [0.15, 0.2) is 28.8 Å². The lowest BCUT2D eigenvalue weighted by Gasteiger charge is -2.15. The van der Waals surface area contributed by atoms with E-state index >= 15 is 0 Å². The first-order chi connectivity index (χ1) is 12.9. The molecular formula is C15H15BrF2NO6PS2. The quantitative estimate of drug-likeness (QED) is 0.265. The van der Waals surface area contributed by atoms with Crippen molar-refractivity contribution in [1.82, 2.24) is 0 Å². The zero-order valence-electron chi connectivity index (χ0n) is 14.1. The fraction of sp³-hybridized carbons (Fsp3) is 0.267. The molecule has 1 heterocycles. The highest BCUT2D eigenvalue weighted by molar-refractivity contribution is 9.10. The highest BCUT2D eigenvalue weighted by Gasteiger charge is 2.45. The molecule has 0 radical (unpaired) electrons. The highest BCUT2D eigenvalue weighted by Crippen LogP contribution is 2.58. The van der Waals surface area contributed by atoms with Crippen molar-refractivity contribution in [1.29, 1.82) is 0 Å². The molecule has 2 rings (SSSR count). The molecule has 7 nitrogen and oxygen atoms in total. The summed E-state index contributed by atoms with van der Waals surface area (Å²) in [5, 5.41) is 5.17.